The van der Waals surface area contributed by atoms with Gasteiger partial charge in [-0.25, -0.2) is 13.1 Å². The van der Waals surface area contributed by atoms with E-state index >= 15 is 0 Å². The van der Waals surface area contributed by atoms with Crippen LogP contribution in [0.2, 0.25) is 0 Å². The van der Waals surface area contributed by atoms with E-state index in [-0.39, 0.29) is 4.24 Å². The summed E-state index contributed by atoms with van der Waals surface area (Å²) in [4.78, 5) is 0. The van der Waals surface area contributed by atoms with Crippen molar-refractivity contribution in [2.75, 3.05) is 14.1 Å². The molecule has 0 radical (unpaired) electrons. The van der Waals surface area contributed by atoms with Gasteiger partial charge in [-0.2, -0.15) is 0 Å². The third-order valence-corrected chi connectivity index (χ3v) is 2.87. The summed E-state index contributed by atoms with van der Waals surface area (Å²) < 4.78 is 23.7. The first-order valence-corrected chi connectivity index (χ1v) is 4.47. The molecule has 0 aromatic rings. The van der Waals surface area contributed by atoms with Gasteiger partial charge in [0.15, 0.2) is 0 Å². The summed E-state index contributed by atoms with van der Waals surface area (Å²) in [5.41, 5.74) is 0. The van der Waals surface area contributed by atoms with Crippen molar-refractivity contribution in [3.63, 3.8) is 0 Å². The first-order valence-electron chi connectivity index (χ1n) is 2.54. The van der Waals surface area contributed by atoms with E-state index in [1.807, 2.05) is 0 Å². The van der Waals surface area contributed by atoms with Crippen molar-refractivity contribution in [3.8, 4) is 0 Å². The molecule has 0 atom stereocenters. The van der Waals surface area contributed by atoms with Gasteiger partial charge < -0.3 is 5.32 Å². The fourth-order valence-electron chi connectivity index (χ4n) is 0.306. The van der Waals surface area contributed by atoms with Gasteiger partial charge in [-0.15, -0.1) is 12.6 Å². The monoisotopic (exact) mass is 182 g/mol. The van der Waals surface area contributed by atoms with Crippen molar-refractivity contribution in [2.24, 2.45) is 0 Å². The zero-order valence-corrected chi connectivity index (χ0v) is 7.46. The Labute approximate surface area is 66.2 Å². The van der Waals surface area contributed by atoms with E-state index < -0.39 is 10.0 Å². The molecule has 0 saturated heterocycles. The first kappa shape index (κ1) is 9.80. The van der Waals surface area contributed by atoms with E-state index in [1.54, 1.807) is 7.05 Å². The Hall–Kier alpha value is -0.200. The van der Waals surface area contributed by atoms with Crippen LogP contribution in [-0.2, 0) is 10.0 Å². The number of rotatable bonds is 3. The highest BCUT2D eigenvalue weighted by atomic mass is 32.3. The molecule has 0 heterocycles. The Morgan fingerprint density at radius 1 is 1.50 bits per heavy atom. The van der Waals surface area contributed by atoms with Crippen LogP contribution in [0.4, 0.5) is 0 Å². The van der Waals surface area contributed by atoms with Gasteiger partial charge in [-0.1, -0.05) is 0 Å². The van der Waals surface area contributed by atoms with Gasteiger partial charge in [0.1, 0.15) is 4.24 Å². The average Bonchev–Trinajstić information content (AvgIpc) is 1.89. The topological polar surface area (TPSA) is 58.2 Å². The summed E-state index contributed by atoms with van der Waals surface area (Å²) in [6.07, 6.45) is 1.29. The van der Waals surface area contributed by atoms with E-state index in [0.717, 1.165) is 0 Å². The van der Waals surface area contributed by atoms with Crippen molar-refractivity contribution < 1.29 is 8.42 Å². The molecule has 6 heteroatoms. The predicted molar refractivity (Wildman–Crippen MR) is 44.1 cm³/mol. The highest BCUT2D eigenvalue weighted by Crippen LogP contribution is 2.05. The smallest absolute Gasteiger partial charge is 0.247 e. The van der Waals surface area contributed by atoms with Crippen LogP contribution in [0.25, 0.3) is 0 Å². The van der Waals surface area contributed by atoms with E-state index in [0.29, 0.717) is 0 Å². The molecular weight excluding hydrogens is 172 g/mol. The molecule has 0 spiro atoms. The molecule has 0 aliphatic rings. The minimum absolute atomic E-state index is 0.0301. The zero-order valence-electron chi connectivity index (χ0n) is 5.75. The fraction of sp³-hybridized carbons (Fsp3) is 0.500. The number of hydrogen-bond acceptors (Lipinski definition) is 4. The molecule has 0 rings (SSSR count). The van der Waals surface area contributed by atoms with Crippen LogP contribution >= 0.6 is 12.6 Å². The Morgan fingerprint density at radius 3 is 2.30 bits per heavy atom. The lowest BCUT2D eigenvalue weighted by Crippen LogP contribution is -2.19. The maximum Gasteiger partial charge on any atom is 0.247 e. The quantitative estimate of drug-likeness (QED) is 0.515. The summed E-state index contributed by atoms with van der Waals surface area (Å²) >= 11 is 3.72. The van der Waals surface area contributed by atoms with Crippen molar-refractivity contribution in [1.82, 2.24) is 10.0 Å². The maximum atomic E-state index is 10.8. The van der Waals surface area contributed by atoms with Crippen LogP contribution in [0.1, 0.15) is 0 Å². The minimum atomic E-state index is -3.35. The Morgan fingerprint density at radius 2 is 2.00 bits per heavy atom. The number of nitrogens with one attached hydrogen (secondary N) is 2. The van der Waals surface area contributed by atoms with Crippen LogP contribution in [0, 0.1) is 0 Å². The summed E-state index contributed by atoms with van der Waals surface area (Å²) in [5.74, 6) is 0. The van der Waals surface area contributed by atoms with Crippen molar-refractivity contribution in [2.45, 2.75) is 0 Å². The van der Waals surface area contributed by atoms with Crippen molar-refractivity contribution in [1.29, 1.82) is 0 Å². The standard InChI is InChI=1S/C4H10N2O2S2/c1-5-3-4(9)10(7,8)6-2/h3,5-6,9H,1-2H3/b4-3+. The van der Waals surface area contributed by atoms with Crippen molar-refractivity contribution >= 4 is 22.7 Å². The lowest BCUT2D eigenvalue weighted by Gasteiger charge is -1.99. The van der Waals surface area contributed by atoms with Crippen LogP contribution in [0.5, 0.6) is 0 Å². The van der Waals surface area contributed by atoms with E-state index in [2.05, 4.69) is 22.7 Å². The molecule has 0 aromatic carbocycles. The van der Waals surface area contributed by atoms with Gasteiger partial charge >= 0.3 is 0 Å². The molecule has 4 nitrogen and oxygen atoms in total. The summed E-state index contributed by atoms with van der Waals surface area (Å²) in [5, 5.41) is 2.55. The molecule has 2 N–H and O–H groups in total. The average molecular weight is 182 g/mol. The molecule has 0 aliphatic carbocycles. The predicted octanol–water partition coefficient (Wildman–Crippen LogP) is -0.516. The molecule has 0 fully saturated rings. The summed E-state index contributed by atoms with van der Waals surface area (Å²) in [6.45, 7) is 0. The molecule has 0 amide bonds. The summed E-state index contributed by atoms with van der Waals surface area (Å²) in [7, 11) is -0.421. The Kier molecular flexibility index (Phi) is 3.77. The number of sulfonamides is 1. The van der Waals surface area contributed by atoms with Gasteiger partial charge in [0, 0.05) is 13.2 Å². The number of hydrogen-bond donors (Lipinski definition) is 3. The lowest BCUT2D eigenvalue weighted by molar-refractivity contribution is 0.596. The fourth-order valence-corrected chi connectivity index (χ4v) is 1.19. The molecule has 0 aromatic heterocycles. The zero-order chi connectivity index (χ0) is 8.20. The highest BCUT2D eigenvalue weighted by Gasteiger charge is 2.09. The third kappa shape index (κ3) is 2.59. The second kappa shape index (κ2) is 3.85. The maximum absolute atomic E-state index is 10.8. The number of thiol groups is 1. The molecule has 0 aliphatic heterocycles. The van der Waals surface area contributed by atoms with Gasteiger partial charge in [0.2, 0.25) is 10.0 Å². The molecule has 0 unspecified atom stereocenters. The molecule has 0 saturated carbocycles. The van der Waals surface area contributed by atoms with E-state index in [1.165, 1.54) is 13.2 Å². The van der Waals surface area contributed by atoms with Crippen LogP contribution in [0.15, 0.2) is 10.4 Å². The van der Waals surface area contributed by atoms with Crippen LogP contribution < -0.4 is 10.0 Å². The van der Waals surface area contributed by atoms with Gasteiger partial charge in [0.25, 0.3) is 0 Å². The lowest BCUT2D eigenvalue weighted by atomic mass is 11.0. The van der Waals surface area contributed by atoms with Gasteiger partial charge in [-0.3, -0.25) is 0 Å². The molecular formula is C4H10N2O2S2. The minimum Gasteiger partial charge on any atom is -0.392 e. The van der Waals surface area contributed by atoms with Gasteiger partial charge in [0.05, 0.1) is 0 Å². The molecule has 10 heavy (non-hydrogen) atoms. The summed E-state index contributed by atoms with van der Waals surface area (Å²) in [6, 6.07) is 0. The normalized spacial score (nSPS) is 13.3. The first-order chi connectivity index (χ1) is 4.54. The molecule has 60 valence electrons. The highest BCUT2D eigenvalue weighted by molar-refractivity contribution is 8.09. The second-order valence-corrected chi connectivity index (χ2v) is 4.12. The van der Waals surface area contributed by atoms with E-state index in [9.17, 15) is 8.42 Å². The Balaban J connectivity index is 4.50. The largest absolute Gasteiger partial charge is 0.392 e. The second-order valence-electron chi connectivity index (χ2n) is 1.48. The third-order valence-electron chi connectivity index (χ3n) is 0.812. The SMILES string of the molecule is CN/C=C(\S)S(=O)(=O)NC. The van der Waals surface area contributed by atoms with Gasteiger partial charge in [-0.05, 0) is 7.05 Å². The van der Waals surface area contributed by atoms with E-state index in [4.69, 9.17) is 0 Å². The van der Waals surface area contributed by atoms with Crippen molar-refractivity contribution in [3.05, 3.63) is 10.4 Å². The van der Waals surface area contributed by atoms with Crippen LogP contribution in [-0.4, -0.2) is 22.5 Å². The van der Waals surface area contributed by atoms with Crippen LogP contribution in [0.3, 0.4) is 0 Å². The molecule has 0 bridgehead atoms. The Bertz CT molecular complexity index is 219.